The Morgan fingerprint density at radius 3 is 1.80 bits per heavy atom. The van der Waals surface area contributed by atoms with E-state index in [2.05, 4.69) is 37.9 Å². The van der Waals surface area contributed by atoms with Crippen LogP contribution in [-0.2, 0) is 0 Å². The third-order valence-electron chi connectivity index (χ3n) is 4.46. The molecular formula is C16H34N2O2. The van der Waals surface area contributed by atoms with Gasteiger partial charge in [0.1, 0.15) is 0 Å². The Bertz CT molecular complexity index is 246. The highest BCUT2D eigenvalue weighted by Crippen LogP contribution is 2.37. The van der Waals surface area contributed by atoms with Crippen LogP contribution in [0.15, 0.2) is 0 Å². The van der Waals surface area contributed by atoms with Crippen LogP contribution in [-0.4, -0.2) is 58.5 Å². The number of nitrogens with one attached hydrogen (secondary N) is 1. The smallest absolute Gasteiger partial charge is 0.0575 e. The molecule has 0 aliphatic carbocycles. The Labute approximate surface area is 124 Å². The summed E-state index contributed by atoms with van der Waals surface area (Å²) in [6, 6.07) is 0. The van der Waals surface area contributed by atoms with Gasteiger partial charge in [-0.05, 0) is 66.5 Å². The van der Waals surface area contributed by atoms with Crippen molar-refractivity contribution in [1.29, 1.82) is 0 Å². The molecule has 0 aromatic heterocycles. The number of β-amino-alcohol motifs (C(OH)–C–C–N with tert-alkyl or cyclic N) is 1. The first-order valence-electron chi connectivity index (χ1n) is 8.07. The molecule has 0 aromatic carbocycles. The summed E-state index contributed by atoms with van der Waals surface area (Å²) in [6.45, 7) is 11.9. The fourth-order valence-electron chi connectivity index (χ4n) is 3.77. The minimum atomic E-state index is -0.213. The molecule has 20 heavy (non-hydrogen) atoms. The lowest BCUT2D eigenvalue weighted by Gasteiger charge is -2.54. The van der Waals surface area contributed by atoms with Gasteiger partial charge in [-0.1, -0.05) is 6.42 Å². The minimum absolute atomic E-state index is 0.0239. The Balaban J connectivity index is 0.000000276. The van der Waals surface area contributed by atoms with Crippen LogP contribution < -0.4 is 5.32 Å². The predicted molar refractivity (Wildman–Crippen MR) is 83.9 cm³/mol. The summed E-state index contributed by atoms with van der Waals surface area (Å²) in [5.41, 5.74) is -0.0478. The maximum atomic E-state index is 9.78. The van der Waals surface area contributed by atoms with Gasteiger partial charge in [-0.2, -0.15) is 0 Å². The van der Waals surface area contributed by atoms with Crippen molar-refractivity contribution < 1.29 is 10.2 Å². The van der Waals surface area contributed by atoms with Gasteiger partial charge in [0.05, 0.1) is 12.7 Å². The molecule has 0 bridgehead atoms. The molecule has 0 radical (unpaired) electrons. The topological polar surface area (TPSA) is 55.7 Å². The summed E-state index contributed by atoms with van der Waals surface area (Å²) >= 11 is 0. The minimum Gasteiger partial charge on any atom is -0.395 e. The first-order chi connectivity index (χ1) is 9.29. The number of hydrogen-bond donors (Lipinski definition) is 3. The molecule has 0 atom stereocenters. The number of aliphatic hydroxyl groups excluding tert-OH is 2. The molecule has 0 saturated carbocycles. The van der Waals surface area contributed by atoms with E-state index < -0.39 is 0 Å². The van der Waals surface area contributed by atoms with Crippen LogP contribution in [0.2, 0.25) is 0 Å². The monoisotopic (exact) mass is 286 g/mol. The Morgan fingerprint density at radius 1 is 1.00 bits per heavy atom. The molecule has 2 aliphatic heterocycles. The van der Waals surface area contributed by atoms with Gasteiger partial charge >= 0.3 is 0 Å². The average Bonchev–Trinajstić information content (AvgIpc) is 2.35. The van der Waals surface area contributed by atoms with Crippen molar-refractivity contribution >= 4 is 0 Å². The standard InChI is InChI=1S/C11H23NO2.C5H11N/c1-10(2)7-9(14)8-11(3,4)12(10)5-6-13;1-2-4-6-5-3-1/h9,13-14H,5-8H2,1-4H3;6H,1-5H2. The molecule has 2 fully saturated rings. The van der Waals surface area contributed by atoms with Gasteiger partial charge in [-0.25, -0.2) is 0 Å². The highest BCUT2D eigenvalue weighted by atomic mass is 16.3. The number of hydrogen-bond acceptors (Lipinski definition) is 4. The summed E-state index contributed by atoms with van der Waals surface area (Å²) in [4.78, 5) is 2.30. The van der Waals surface area contributed by atoms with Crippen molar-refractivity contribution in [3.05, 3.63) is 0 Å². The Morgan fingerprint density at radius 2 is 1.50 bits per heavy atom. The van der Waals surface area contributed by atoms with E-state index in [1.807, 2.05) is 0 Å². The van der Waals surface area contributed by atoms with E-state index in [0.717, 1.165) is 12.8 Å². The van der Waals surface area contributed by atoms with Gasteiger partial charge in [0.15, 0.2) is 0 Å². The van der Waals surface area contributed by atoms with Crippen LogP contribution >= 0.6 is 0 Å². The average molecular weight is 286 g/mol. The van der Waals surface area contributed by atoms with Crippen molar-refractivity contribution in [2.45, 2.75) is 77.0 Å². The van der Waals surface area contributed by atoms with Crippen molar-refractivity contribution in [2.24, 2.45) is 0 Å². The molecule has 4 heteroatoms. The van der Waals surface area contributed by atoms with Crippen LogP contribution in [0.4, 0.5) is 0 Å². The molecule has 120 valence electrons. The molecule has 2 rings (SSSR count). The van der Waals surface area contributed by atoms with E-state index >= 15 is 0 Å². The molecule has 2 heterocycles. The van der Waals surface area contributed by atoms with Gasteiger partial charge in [-0.15, -0.1) is 0 Å². The quantitative estimate of drug-likeness (QED) is 0.724. The van der Waals surface area contributed by atoms with Gasteiger partial charge < -0.3 is 15.5 Å². The van der Waals surface area contributed by atoms with E-state index in [9.17, 15) is 5.11 Å². The van der Waals surface area contributed by atoms with E-state index in [1.54, 1.807) is 0 Å². The van der Waals surface area contributed by atoms with Crippen LogP contribution in [0.5, 0.6) is 0 Å². The van der Waals surface area contributed by atoms with Gasteiger partial charge in [0, 0.05) is 17.6 Å². The van der Waals surface area contributed by atoms with E-state index in [0.29, 0.717) is 6.54 Å². The lowest BCUT2D eigenvalue weighted by atomic mass is 9.78. The second kappa shape index (κ2) is 7.74. The largest absolute Gasteiger partial charge is 0.395 e. The normalized spacial score (nSPS) is 26.7. The van der Waals surface area contributed by atoms with Gasteiger partial charge in [0.2, 0.25) is 0 Å². The zero-order valence-electron chi connectivity index (χ0n) is 13.8. The zero-order valence-corrected chi connectivity index (χ0v) is 13.8. The van der Waals surface area contributed by atoms with Gasteiger partial charge in [-0.3, -0.25) is 4.90 Å². The maximum absolute atomic E-state index is 9.78. The number of rotatable bonds is 2. The first-order valence-corrected chi connectivity index (χ1v) is 8.07. The third kappa shape index (κ3) is 5.32. The highest BCUT2D eigenvalue weighted by Gasteiger charge is 2.44. The fourth-order valence-corrected chi connectivity index (χ4v) is 3.77. The summed E-state index contributed by atoms with van der Waals surface area (Å²) in [5.74, 6) is 0. The van der Waals surface area contributed by atoms with Crippen molar-refractivity contribution in [3.8, 4) is 0 Å². The number of likely N-dealkylation sites (tertiary alicyclic amines) is 1. The third-order valence-corrected chi connectivity index (χ3v) is 4.46. The SMILES string of the molecule is C1CCNCC1.CC1(C)CC(O)CC(C)(C)N1CCO. The van der Waals surface area contributed by atoms with E-state index in [4.69, 9.17) is 5.11 Å². The van der Waals surface area contributed by atoms with E-state index in [1.165, 1.54) is 32.4 Å². The molecule has 2 aliphatic rings. The maximum Gasteiger partial charge on any atom is 0.0575 e. The summed E-state index contributed by atoms with van der Waals surface area (Å²) in [5, 5.41) is 22.1. The highest BCUT2D eigenvalue weighted by molar-refractivity contribution is 4.99. The van der Waals surface area contributed by atoms with Crippen LogP contribution in [0, 0.1) is 0 Å². The first kappa shape index (κ1) is 17.9. The van der Waals surface area contributed by atoms with Crippen LogP contribution in [0.25, 0.3) is 0 Å². The van der Waals surface area contributed by atoms with Crippen molar-refractivity contribution in [1.82, 2.24) is 10.2 Å². The zero-order chi connectivity index (χ0) is 15.2. The lowest BCUT2D eigenvalue weighted by Crippen LogP contribution is -2.62. The summed E-state index contributed by atoms with van der Waals surface area (Å²) < 4.78 is 0. The molecule has 0 spiro atoms. The van der Waals surface area contributed by atoms with Crippen LogP contribution in [0.3, 0.4) is 0 Å². The Kier molecular flexibility index (Phi) is 6.92. The van der Waals surface area contributed by atoms with Gasteiger partial charge in [0.25, 0.3) is 0 Å². The fraction of sp³-hybridized carbons (Fsp3) is 1.00. The molecule has 0 unspecified atom stereocenters. The second-order valence-electron chi connectivity index (χ2n) is 7.37. The number of aliphatic hydroxyl groups is 2. The predicted octanol–water partition coefficient (Wildman–Crippen LogP) is 1.75. The molecule has 4 nitrogen and oxygen atoms in total. The van der Waals surface area contributed by atoms with E-state index in [-0.39, 0.29) is 23.8 Å². The van der Waals surface area contributed by atoms with Crippen molar-refractivity contribution in [2.75, 3.05) is 26.2 Å². The molecule has 0 amide bonds. The summed E-state index contributed by atoms with van der Waals surface area (Å²) in [6.07, 6.45) is 5.58. The lowest BCUT2D eigenvalue weighted by molar-refractivity contribution is -0.0858. The Hall–Kier alpha value is -0.160. The molecule has 2 saturated heterocycles. The van der Waals surface area contributed by atoms with Crippen molar-refractivity contribution in [3.63, 3.8) is 0 Å². The number of piperidine rings is 2. The van der Waals surface area contributed by atoms with Crippen LogP contribution in [0.1, 0.15) is 59.8 Å². The second-order valence-corrected chi connectivity index (χ2v) is 7.37. The molecule has 0 aromatic rings. The molecular weight excluding hydrogens is 252 g/mol. The molecule has 3 N–H and O–H groups in total. The number of nitrogens with zero attached hydrogens (tertiary/aromatic N) is 1. The summed E-state index contributed by atoms with van der Waals surface area (Å²) in [7, 11) is 0.